The van der Waals surface area contributed by atoms with Crippen LogP contribution in [0.2, 0.25) is 0 Å². The van der Waals surface area contributed by atoms with Crippen LogP contribution >= 0.6 is 15.9 Å². The van der Waals surface area contributed by atoms with Crippen LogP contribution in [-0.2, 0) is 24.6 Å². The number of anilines is 3. The van der Waals surface area contributed by atoms with Gasteiger partial charge < -0.3 is 14.7 Å². The van der Waals surface area contributed by atoms with Gasteiger partial charge in [0.15, 0.2) is 11.5 Å². The van der Waals surface area contributed by atoms with Crippen LogP contribution in [0.5, 0.6) is 11.5 Å². The molecule has 61 heavy (non-hydrogen) atoms. The van der Waals surface area contributed by atoms with E-state index in [1.807, 2.05) is 98.7 Å². The van der Waals surface area contributed by atoms with Crippen LogP contribution in [0.3, 0.4) is 0 Å². The number of allylic oxidation sites excluding steroid dienone is 2. The average molecular weight is 880 g/mol. The number of carbonyl (C=O) groups excluding carboxylic acids is 4. The van der Waals surface area contributed by atoms with E-state index in [1.54, 1.807) is 48.5 Å². The summed E-state index contributed by atoms with van der Waals surface area (Å²) in [5.41, 5.74) is 7.46. The van der Waals surface area contributed by atoms with Crippen LogP contribution in [0.25, 0.3) is 0 Å². The van der Waals surface area contributed by atoms with E-state index in [0.717, 1.165) is 16.3 Å². The van der Waals surface area contributed by atoms with E-state index in [1.165, 1.54) is 12.0 Å². The van der Waals surface area contributed by atoms with Crippen LogP contribution in [-0.4, -0.2) is 54.9 Å². The number of imide groups is 2. The highest BCUT2D eigenvalue weighted by molar-refractivity contribution is 9.10. The third-order valence-electron chi connectivity index (χ3n) is 12.7. The SMILES string of the molecule is COc1cc(Br)cc(C2C3=CCC4C(=O)N(c5ccc(N=Nc6ccc(N(C)C)cc6)cc5)C(=O)C4C3CC3C(=O)N(Nc4ccc(C)cc4)C(=O)C32c2ccccc2)c1O. The second-order valence-electron chi connectivity index (χ2n) is 16.3. The fourth-order valence-electron chi connectivity index (χ4n) is 9.92. The maximum absolute atomic E-state index is 15.5. The second-order valence-corrected chi connectivity index (χ2v) is 17.2. The molecule has 0 aromatic heterocycles. The molecule has 308 valence electrons. The Bertz CT molecular complexity index is 2630. The predicted octanol–water partition coefficient (Wildman–Crippen LogP) is 9.14. The van der Waals surface area contributed by atoms with Gasteiger partial charge in [0.2, 0.25) is 11.8 Å². The van der Waals surface area contributed by atoms with Crippen molar-refractivity contribution in [1.29, 1.82) is 0 Å². The first-order chi connectivity index (χ1) is 29.4. The predicted molar refractivity (Wildman–Crippen MR) is 235 cm³/mol. The molecule has 4 amide bonds. The number of nitrogens with zero attached hydrogens (tertiary/aromatic N) is 5. The number of phenols is 1. The van der Waals surface area contributed by atoms with Crippen molar-refractivity contribution in [2.75, 3.05) is 36.4 Å². The Balaban J connectivity index is 1.12. The number of azo groups is 1. The molecule has 5 aromatic carbocycles. The summed E-state index contributed by atoms with van der Waals surface area (Å²) in [4.78, 5) is 62.9. The van der Waals surface area contributed by atoms with E-state index in [0.29, 0.717) is 43.9 Å². The van der Waals surface area contributed by atoms with Crippen molar-refractivity contribution < 1.29 is 29.0 Å². The van der Waals surface area contributed by atoms with Crippen molar-refractivity contribution in [1.82, 2.24) is 5.01 Å². The third kappa shape index (κ3) is 6.49. The highest BCUT2D eigenvalue weighted by Gasteiger charge is 2.70. The summed E-state index contributed by atoms with van der Waals surface area (Å²) in [7, 11) is 5.38. The molecule has 5 aromatic rings. The van der Waals surface area contributed by atoms with E-state index in [4.69, 9.17) is 4.74 Å². The first-order valence-electron chi connectivity index (χ1n) is 20.1. The number of amides is 4. The molecular formula is C48H43BrN6O6. The van der Waals surface area contributed by atoms with Crippen molar-refractivity contribution in [2.24, 2.45) is 33.9 Å². The minimum Gasteiger partial charge on any atom is -0.504 e. The van der Waals surface area contributed by atoms with E-state index in [9.17, 15) is 14.7 Å². The normalized spacial score (nSPS) is 24.4. The standard InChI is InChI=1S/C48H43BrN6O6/c1-27-10-12-32(13-11-27)52-55-45(58)39-26-37-35(42(38-24-29(49)25-40(61-4)43(38)56)48(39,47(55)60)28-8-6-5-7-9-28)22-23-36-41(37)46(59)54(44(36)57)34-20-16-31(17-21-34)51-50-30-14-18-33(19-15-30)53(2)3/h5-22,24-25,36-37,39,41-42,52,56H,23,26H2,1-4H3. The molecule has 13 heteroatoms. The number of methoxy groups -OCH3 is 1. The number of aryl methyl sites for hydroxylation is 1. The molecule has 0 radical (unpaired) electrons. The van der Waals surface area contributed by atoms with Crippen molar-refractivity contribution >= 4 is 68.0 Å². The first kappa shape index (κ1) is 39.8. The highest BCUT2D eigenvalue weighted by atomic mass is 79.9. The van der Waals surface area contributed by atoms with Gasteiger partial charge >= 0.3 is 0 Å². The minimum absolute atomic E-state index is 0.114. The van der Waals surface area contributed by atoms with Gasteiger partial charge in [-0.05, 0) is 104 Å². The van der Waals surface area contributed by atoms with Gasteiger partial charge in [0.25, 0.3) is 11.8 Å². The van der Waals surface area contributed by atoms with E-state index in [2.05, 4.69) is 31.6 Å². The maximum Gasteiger partial charge on any atom is 0.260 e. The lowest BCUT2D eigenvalue weighted by atomic mass is 9.49. The summed E-state index contributed by atoms with van der Waals surface area (Å²) in [6.45, 7) is 1.95. The number of fused-ring (bicyclic) bond motifs is 4. The Kier molecular flexibility index (Phi) is 10.1. The average Bonchev–Trinajstić information content (AvgIpc) is 3.65. The highest BCUT2D eigenvalue weighted by Crippen LogP contribution is 2.65. The van der Waals surface area contributed by atoms with E-state index < -0.39 is 46.8 Å². The zero-order chi connectivity index (χ0) is 42.7. The lowest BCUT2D eigenvalue weighted by Crippen LogP contribution is -2.53. The molecule has 4 aliphatic rings. The zero-order valence-corrected chi connectivity index (χ0v) is 35.5. The van der Waals surface area contributed by atoms with Crippen molar-refractivity contribution in [3.63, 3.8) is 0 Å². The van der Waals surface area contributed by atoms with Crippen molar-refractivity contribution in [2.45, 2.75) is 31.1 Å². The third-order valence-corrected chi connectivity index (χ3v) is 13.2. The smallest absolute Gasteiger partial charge is 0.260 e. The molecule has 2 aliphatic carbocycles. The Hall–Kier alpha value is -6.60. The number of aromatic hydroxyl groups is 1. The maximum atomic E-state index is 15.5. The van der Waals surface area contributed by atoms with Gasteiger partial charge in [-0.2, -0.15) is 15.2 Å². The van der Waals surface area contributed by atoms with Gasteiger partial charge in [-0.25, -0.2) is 0 Å². The number of hydrogen-bond acceptors (Lipinski definition) is 10. The second kappa shape index (κ2) is 15.5. The van der Waals surface area contributed by atoms with Crippen LogP contribution in [0.1, 0.15) is 35.4 Å². The van der Waals surface area contributed by atoms with Crippen LogP contribution < -0.4 is 20.0 Å². The fourth-order valence-corrected chi connectivity index (χ4v) is 10.4. The molecule has 0 bridgehead atoms. The number of hydrogen-bond donors (Lipinski definition) is 2. The molecule has 9 rings (SSSR count). The van der Waals surface area contributed by atoms with Crippen molar-refractivity contribution in [3.8, 4) is 11.5 Å². The molecule has 3 fully saturated rings. The lowest BCUT2D eigenvalue weighted by molar-refractivity contribution is -0.138. The molecule has 1 saturated carbocycles. The number of carbonyl (C=O) groups is 4. The fraction of sp³-hybridized carbons (Fsp3) is 0.250. The Labute approximate surface area is 361 Å². The molecule has 0 spiro atoms. The number of phenolic OH excluding ortho intramolecular Hbond substituents is 1. The van der Waals surface area contributed by atoms with E-state index in [-0.39, 0.29) is 36.2 Å². The summed E-state index contributed by atoms with van der Waals surface area (Å²) in [6.07, 6.45) is 2.30. The molecule has 2 aliphatic heterocycles. The van der Waals surface area contributed by atoms with Crippen LogP contribution in [0.4, 0.5) is 28.4 Å². The minimum atomic E-state index is -1.56. The summed E-state index contributed by atoms with van der Waals surface area (Å²) in [5.74, 6) is -5.75. The van der Waals surface area contributed by atoms with Gasteiger partial charge in [0.1, 0.15) is 0 Å². The molecular weight excluding hydrogens is 836 g/mol. The largest absolute Gasteiger partial charge is 0.504 e. The lowest BCUT2D eigenvalue weighted by Gasteiger charge is -2.50. The monoisotopic (exact) mass is 878 g/mol. The van der Waals surface area contributed by atoms with Crippen LogP contribution in [0, 0.1) is 30.6 Å². The van der Waals surface area contributed by atoms with Gasteiger partial charge in [0.05, 0.1) is 53.0 Å². The van der Waals surface area contributed by atoms with Gasteiger partial charge in [-0.3, -0.25) is 29.5 Å². The molecule has 2 N–H and O–H groups in total. The van der Waals surface area contributed by atoms with Gasteiger partial charge in [0, 0.05) is 35.7 Å². The van der Waals surface area contributed by atoms with Gasteiger partial charge in [-0.1, -0.05) is 75.6 Å². The number of benzene rings is 5. The quantitative estimate of drug-likeness (QED) is 0.0848. The van der Waals surface area contributed by atoms with Crippen molar-refractivity contribution in [3.05, 3.63) is 148 Å². The number of nitrogens with one attached hydrogen (secondary N) is 1. The topological polar surface area (TPSA) is 144 Å². The van der Waals surface area contributed by atoms with Gasteiger partial charge in [-0.15, -0.1) is 0 Å². The van der Waals surface area contributed by atoms with Crippen LogP contribution in [0.15, 0.2) is 142 Å². The Morgan fingerprint density at radius 1 is 0.820 bits per heavy atom. The molecule has 12 nitrogen and oxygen atoms in total. The van der Waals surface area contributed by atoms with E-state index >= 15 is 9.59 Å². The molecule has 6 atom stereocenters. The summed E-state index contributed by atoms with van der Waals surface area (Å²) in [5, 5.41) is 21.8. The molecule has 6 unspecified atom stereocenters. The summed E-state index contributed by atoms with van der Waals surface area (Å²) < 4.78 is 6.22. The number of rotatable bonds is 9. The summed E-state index contributed by atoms with van der Waals surface area (Å²) >= 11 is 3.60. The zero-order valence-electron chi connectivity index (χ0n) is 34.0. The summed E-state index contributed by atoms with van der Waals surface area (Å²) in [6, 6.07) is 34.4. The number of ether oxygens (including phenoxy) is 1. The molecule has 2 saturated heterocycles. The Morgan fingerprint density at radius 3 is 2.11 bits per heavy atom. The molecule has 2 heterocycles. The Morgan fingerprint density at radius 2 is 1.48 bits per heavy atom. The number of halogens is 1. The number of hydrazine groups is 1. The first-order valence-corrected chi connectivity index (χ1v) is 20.9.